The van der Waals surface area contributed by atoms with Crippen molar-refractivity contribution in [2.75, 3.05) is 27.2 Å². The number of nitrogens with zero attached hydrogens (tertiary/aromatic N) is 3. The molecule has 2 heterocycles. The van der Waals surface area contributed by atoms with Crippen molar-refractivity contribution in [2.45, 2.75) is 31.7 Å². The first-order chi connectivity index (χ1) is 18.2. The van der Waals surface area contributed by atoms with Crippen LogP contribution in [0.5, 0.6) is 5.75 Å². The number of amidine groups is 1. The molecule has 1 N–H and O–H groups in total. The molecule has 0 aromatic heterocycles. The largest absolute Gasteiger partial charge is 0.573 e. The van der Waals surface area contributed by atoms with Crippen LogP contribution in [0.1, 0.15) is 39.9 Å². The third kappa shape index (κ3) is 6.31. The SMILES string of the molecule is Cc1cc(C(=O)N(C)C)ccc1C=CS(=O)(=O)N1CCC2(CC1)N=C(c1cccc(OC(F)(F)F)c1)NC2=O. The Labute approximate surface area is 224 Å². The zero-order valence-corrected chi connectivity index (χ0v) is 22.3. The molecule has 0 aliphatic carbocycles. The number of alkyl halides is 3. The number of ether oxygens (including phenoxy) is 1. The quantitative estimate of drug-likeness (QED) is 0.579. The number of carbonyl (C=O) groups is 2. The Morgan fingerprint density at radius 1 is 1.15 bits per heavy atom. The third-order valence-corrected chi connectivity index (χ3v) is 8.14. The number of aliphatic imine (C=N–C) groups is 1. The van der Waals surface area contributed by atoms with Crippen LogP contribution < -0.4 is 10.1 Å². The van der Waals surface area contributed by atoms with E-state index in [1.54, 1.807) is 39.2 Å². The molecule has 13 heteroatoms. The van der Waals surface area contributed by atoms with Gasteiger partial charge in [0, 0.05) is 43.7 Å². The molecule has 1 spiro atoms. The molecular formula is C26H27F3N4O5S. The molecule has 9 nitrogen and oxygen atoms in total. The van der Waals surface area contributed by atoms with Crippen LogP contribution in [0.25, 0.3) is 6.08 Å². The van der Waals surface area contributed by atoms with Crippen LogP contribution in [0.2, 0.25) is 0 Å². The molecular weight excluding hydrogens is 537 g/mol. The van der Waals surface area contributed by atoms with E-state index in [-0.39, 0.29) is 43.2 Å². The van der Waals surface area contributed by atoms with Gasteiger partial charge in [-0.3, -0.25) is 14.6 Å². The Morgan fingerprint density at radius 3 is 2.46 bits per heavy atom. The fourth-order valence-electron chi connectivity index (χ4n) is 4.44. The number of amides is 2. The summed E-state index contributed by atoms with van der Waals surface area (Å²) in [6, 6.07) is 10.1. The summed E-state index contributed by atoms with van der Waals surface area (Å²) in [7, 11) is -0.524. The Balaban J connectivity index is 1.45. The summed E-state index contributed by atoms with van der Waals surface area (Å²) in [6.45, 7) is 1.84. The van der Waals surface area contributed by atoms with Crippen molar-refractivity contribution in [1.29, 1.82) is 0 Å². The van der Waals surface area contributed by atoms with Crippen molar-refractivity contribution >= 4 is 33.7 Å². The van der Waals surface area contributed by atoms with E-state index in [4.69, 9.17) is 0 Å². The maximum absolute atomic E-state index is 13.0. The summed E-state index contributed by atoms with van der Waals surface area (Å²) in [5, 5.41) is 3.71. The second-order valence-electron chi connectivity index (χ2n) is 9.54. The molecule has 0 bridgehead atoms. The highest BCUT2D eigenvalue weighted by atomic mass is 32.2. The van der Waals surface area contributed by atoms with Crippen molar-refractivity contribution in [1.82, 2.24) is 14.5 Å². The third-order valence-electron chi connectivity index (χ3n) is 6.57. The van der Waals surface area contributed by atoms with Crippen LogP contribution in [0.4, 0.5) is 13.2 Å². The molecule has 0 atom stereocenters. The van der Waals surface area contributed by atoms with Gasteiger partial charge < -0.3 is 15.0 Å². The number of aryl methyl sites for hydroxylation is 1. The van der Waals surface area contributed by atoms with E-state index in [1.807, 2.05) is 0 Å². The number of piperidine rings is 1. The number of benzene rings is 2. The minimum absolute atomic E-state index is 0.0311. The van der Waals surface area contributed by atoms with Crippen LogP contribution in [0.3, 0.4) is 0 Å². The van der Waals surface area contributed by atoms with Gasteiger partial charge in [-0.1, -0.05) is 18.2 Å². The van der Waals surface area contributed by atoms with Crippen molar-refractivity contribution < 1.29 is 35.9 Å². The summed E-state index contributed by atoms with van der Waals surface area (Å²) in [6.07, 6.45) is -3.18. The average Bonchev–Trinajstić information content (AvgIpc) is 3.17. The van der Waals surface area contributed by atoms with E-state index in [0.717, 1.165) is 23.1 Å². The van der Waals surface area contributed by atoms with E-state index in [1.165, 1.54) is 27.4 Å². The minimum Gasteiger partial charge on any atom is -0.406 e. The predicted molar refractivity (Wildman–Crippen MR) is 138 cm³/mol. The Kier molecular flexibility index (Phi) is 7.59. The van der Waals surface area contributed by atoms with Gasteiger partial charge in [-0.2, -0.15) is 4.31 Å². The topological polar surface area (TPSA) is 108 Å². The van der Waals surface area contributed by atoms with Gasteiger partial charge in [0.15, 0.2) is 0 Å². The van der Waals surface area contributed by atoms with E-state index in [9.17, 15) is 31.2 Å². The van der Waals surface area contributed by atoms with Crippen LogP contribution in [0.15, 0.2) is 52.9 Å². The maximum atomic E-state index is 13.0. The van der Waals surface area contributed by atoms with E-state index in [0.29, 0.717) is 11.1 Å². The second-order valence-corrected chi connectivity index (χ2v) is 11.4. The number of nitrogens with one attached hydrogen (secondary N) is 1. The van der Waals surface area contributed by atoms with Gasteiger partial charge in [0.05, 0.1) is 0 Å². The smallest absolute Gasteiger partial charge is 0.406 e. The molecule has 39 heavy (non-hydrogen) atoms. The molecule has 2 aliphatic heterocycles. The fraction of sp³-hybridized carbons (Fsp3) is 0.346. The van der Waals surface area contributed by atoms with Gasteiger partial charge in [-0.15, -0.1) is 13.2 Å². The predicted octanol–water partition coefficient (Wildman–Crippen LogP) is 3.31. The Morgan fingerprint density at radius 2 is 1.85 bits per heavy atom. The van der Waals surface area contributed by atoms with E-state index >= 15 is 0 Å². The minimum atomic E-state index is -4.86. The van der Waals surface area contributed by atoms with Crippen LogP contribution in [-0.4, -0.2) is 74.4 Å². The van der Waals surface area contributed by atoms with Gasteiger partial charge in [0.1, 0.15) is 17.1 Å². The lowest BCUT2D eigenvalue weighted by atomic mass is 9.89. The lowest BCUT2D eigenvalue weighted by molar-refractivity contribution is -0.274. The summed E-state index contributed by atoms with van der Waals surface area (Å²) in [5.41, 5.74) is 0.906. The zero-order chi connectivity index (χ0) is 28.6. The summed E-state index contributed by atoms with van der Waals surface area (Å²) in [5.74, 6) is -0.932. The highest BCUT2D eigenvalue weighted by molar-refractivity contribution is 7.92. The fourth-order valence-corrected chi connectivity index (χ4v) is 5.62. The molecule has 0 saturated carbocycles. The van der Waals surface area contributed by atoms with Gasteiger partial charge in [-0.25, -0.2) is 8.42 Å². The number of carbonyl (C=O) groups excluding carboxylic acids is 2. The molecule has 208 valence electrons. The lowest BCUT2D eigenvalue weighted by Gasteiger charge is -2.34. The molecule has 0 radical (unpaired) electrons. The highest BCUT2D eigenvalue weighted by Crippen LogP contribution is 2.33. The molecule has 1 fully saturated rings. The zero-order valence-electron chi connectivity index (χ0n) is 21.4. The number of hydrogen-bond acceptors (Lipinski definition) is 6. The number of sulfonamides is 1. The molecule has 1 saturated heterocycles. The normalized spacial score (nSPS) is 17.8. The lowest BCUT2D eigenvalue weighted by Crippen LogP contribution is -2.50. The van der Waals surface area contributed by atoms with Crippen LogP contribution >= 0.6 is 0 Å². The van der Waals surface area contributed by atoms with E-state index in [2.05, 4.69) is 15.0 Å². The molecule has 0 unspecified atom stereocenters. The first-order valence-corrected chi connectivity index (χ1v) is 13.5. The monoisotopic (exact) mass is 564 g/mol. The van der Waals surface area contributed by atoms with E-state index < -0.39 is 33.6 Å². The summed E-state index contributed by atoms with van der Waals surface area (Å²) in [4.78, 5) is 30.9. The van der Waals surface area contributed by atoms with Gasteiger partial charge >= 0.3 is 6.36 Å². The van der Waals surface area contributed by atoms with Crippen LogP contribution in [-0.2, 0) is 14.8 Å². The van der Waals surface area contributed by atoms with Crippen molar-refractivity contribution in [2.24, 2.45) is 4.99 Å². The molecule has 2 aromatic carbocycles. The first-order valence-electron chi connectivity index (χ1n) is 12.0. The first kappa shape index (κ1) is 28.3. The second kappa shape index (κ2) is 10.5. The maximum Gasteiger partial charge on any atom is 0.573 e. The van der Waals surface area contributed by atoms with Gasteiger partial charge in [0.2, 0.25) is 10.0 Å². The Hall–Kier alpha value is -3.71. The van der Waals surface area contributed by atoms with Gasteiger partial charge in [-0.05, 0) is 61.2 Å². The average molecular weight is 565 g/mol. The molecule has 2 aliphatic rings. The van der Waals surface area contributed by atoms with Crippen LogP contribution in [0, 0.1) is 6.92 Å². The molecule has 4 rings (SSSR count). The summed E-state index contributed by atoms with van der Waals surface area (Å²) >= 11 is 0. The number of halogens is 3. The molecule has 2 aromatic rings. The standard InChI is InChI=1S/C26H27F3N4O5S/c1-17-15-20(23(34)32(2)3)8-7-18(17)9-14-39(36,37)33-12-10-25(11-13-33)24(35)30-22(31-25)19-5-4-6-21(16-19)38-26(27,28)29/h4-9,14-16H,10-13H2,1-3H3,(H,30,31,35). The van der Waals surface area contributed by atoms with Crippen molar-refractivity contribution in [3.8, 4) is 5.75 Å². The molecule has 2 amide bonds. The highest BCUT2D eigenvalue weighted by Gasteiger charge is 2.47. The van der Waals surface area contributed by atoms with Gasteiger partial charge in [0.25, 0.3) is 11.8 Å². The number of hydrogen-bond donors (Lipinski definition) is 1. The summed E-state index contributed by atoms with van der Waals surface area (Å²) < 4.78 is 68.9. The van der Waals surface area contributed by atoms with Crippen molar-refractivity contribution in [3.63, 3.8) is 0 Å². The van der Waals surface area contributed by atoms with Crippen molar-refractivity contribution in [3.05, 3.63) is 70.1 Å². The Bertz CT molecular complexity index is 1460. The number of rotatable bonds is 6.